The van der Waals surface area contributed by atoms with Crippen molar-refractivity contribution in [2.75, 3.05) is 17.2 Å². The van der Waals surface area contributed by atoms with Crippen LogP contribution in [-0.2, 0) is 6.54 Å². The molecule has 0 radical (unpaired) electrons. The summed E-state index contributed by atoms with van der Waals surface area (Å²) < 4.78 is 2.72. The van der Waals surface area contributed by atoms with Crippen LogP contribution in [0.4, 0.5) is 11.6 Å². The number of nitrogens with zero attached hydrogens (tertiary/aromatic N) is 4. The lowest BCUT2D eigenvalue weighted by molar-refractivity contribution is 0.268. The third kappa shape index (κ3) is 4.24. The van der Waals surface area contributed by atoms with Crippen LogP contribution in [0.2, 0.25) is 0 Å². The summed E-state index contributed by atoms with van der Waals surface area (Å²) in [6.45, 7) is 4.03. The molecule has 0 aliphatic heterocycles. The van der Waals surface area contributed by atoms with Crippen LogP contribution in [0.25, 0.3) is 5.65 Å². The number of pyridine rings is 1. The van der Waals surface area contributed by atoms with E-state index in [1.807, 2.05) is 22.8 Å². The van der Waals surface area contributed by atoms with Crippen molar-refractivity contribution in [1.82, 2.24) is 19.6 Å². The number of rotatable bonds is 6. The Labute approximate surface area is 167 Å². The molecule has 0 aromatic carbocycles. The zero-order chi connectivity index (χ0) is 18.6. The van der Waals surface area contributed by atoms with Gasteiger partial charge in [-0.2, -0.15) is 9.61 Å². The van der Waals surface area contributed by atoms with Crippen molar-refractivity contribution in [3.05, 3.63) is 46.8 Å². The molecule has 1 saturated carbocycles. The van der Waals surface area contributed by atoms with Gasteiger partial charge < -0.3 is 10.6 Å². The minimum Gasteiger partial charge on any atom is -0.370 e. The minimum absolute atomic E-state index is 0.684. The molecule has 3 heterocycles. The maximum atomic E-state index is 4.75. The highest BCUT2D eigenvalue weighted by atomic mass is 79.9. The van der Waals surface area contributed by atoms with Crippen LogP contribution in [0.3, 0.4) is 0 Å². The van der Waals surface area contributed by atoms with E-state index in [-0.39, 0.29) is 0 Å². The maximum absolute atomic E-state index is 4.75. The van der Waals surface area contributed by atoms with Gasteiger partial charge in [-0.1, -0.05) is 32.3 Å². The van der Waals surface area contributed by atoms with E-state index in [0.717, 1.165) is 45.7 Å². The summed E-state index contributed by atoms with van der Waals surface area (Å²) in [4.78, 5) is 8.92. The lowest BCUT2D eigenvalue weighted by atomic mass is 9.80. The first-order chi connectivity index (χ1) is 13.2. The van der Waals surface area contributed by atoms with Crippen molar-refractivity contribution in [2.24, 2.45) is 11.8 Å². The molecule has 1 aliphatic rings. The Balaban J connectivity index is 1.53. The number of nitrogens with one attached hydrogen (secondary N) is 2. The van der Waals surface area contributed by atoms with Gasteiger partial charge in [0, 0.05) is 31.5 Å². The van der Waals surface area contributed by atoms with E-state index in [2.05, 4.69) is 49.6 Å². The molecule has 3 aromatic heterocycles. The SMILES string of the molecule is C[C@@H]1CCCC[C@@H]1CNc1cc(NCc2cccnc2)n2ncc(Br)c2n1. The Bertz CT molecular complexity index is 894. The molecule has 2 N–H and O–H groups in total. The van der Waals surface area contributed by atoms with Gasteiger partial charge >= 0.3 is 0 Å². The van der Waals surface area contributed by atoms with Gasteiger partial charge in [0.1, 0.15) is 11.6 Å². The molecule has 1 fully saturated rings. The summed E-state index contributed by atoms with van der Waals surface area (Å²) in [6, 6.07) is 6.04. The van der Waals surface area contributed by atoms with Crippen molar-refractivity contribution >= 4 is 33.2 Å². The smallest absolute Gasteiger partial charge is 0.173 e. The van der Waals surface area contributed by atoms with Gasteiger partial charge in [-0.05, 0) is 45.8 Å². The van der Waals surface area contributed by atoms with Crippen molar-refractivity contribution in [2.45, 2.75) is 39.2 Å². The highest BCUT2D eigenvalue weighted by Gasteiger charge is 2.21. The third-order valence-electron chi connectivity index (χ3n) is 5.46. The highest BCUT2D eigenvalue weighted by molar-refractivity contribution is 9.10. The summed E-state index contributed by atoms with van der Waals surface area (Å²) in [5, 5.41) is 11.5. The van der Waals surface area contributed by atoms with Crippen LogP contribution in [0, 0.1) is 11.8 Å². The monoisotopic (exact) mass is 428 g/mol. The molecule has 0 amide bonds. The predicted molar refractivity (Wildman–Crippen MR) is 112 cm³/mol. The third-order valence-corrected chi connectivity index (χ3v) is 6.02. The number of hydrogen-bond donors (Lipinski definition) is 2. The highest BCUT2D eigenvalue weighted by Crippen LogP contribution is 2.30. The van der Waals surface area contributed by atoms with E-state index in [9.17, 15) is 0 Å². The molecule has 7 heteroatoms. The summed E-state index contributed by atoms with van der Waals surface area (Å²) in [7, 11) is 0. The Morgan fingerprint density at radius 1 is 1.22 bits per heavy atom. The number of anilines is 2. The molecule has 0 bridgehead atoms. The first-order valence-electron chi connectivity index (χ1n) is 9.61. The zero-order valence-electron chi connectivity index (χ0n) is 15.5. The molecular formula is C20H25BrN6. The molecule has 2 atom stereocenters. The summed E-state index contributed by atoms with van der Waals surface area (Å²) >= 11 is 3.56. The fraction of sp³-hybridized carbons (Fsp3) is 0.450. The van der Waals surface area contributed by atoms with Gasteiger partial charge in [-0.15, -0.1) is 0 Å². The van der Waals surface area contributed by atoms with Crippen molar-refractivity contribution in [3.8, 4) is 0 Å². The Morgan fingerprint density at radius 2 is 2.11 bits per heavy atom. The Morgan fingerprint density at radius 3 is 2.93 bits per heavy atom. The van der Waals surface area contributed by atoms with Crippen LogP contribution in [0.5, 0.6) is 0 Å². The van der Waals surface area contributed by atoms with Gasteiger partial charge in [-0.3, -0.25) is 4.98 Å². The average Bonchev–Trinajstić information content (AvgIpc) is 3.07. The molecule has 1 aliphatic carbocycles. The number of fused-ring (bicyclic) bond motifs is 1. The summed E-state index contributed by atoms with van der Waals surface area (Å²) in [5.41, 5.74) is 1.93. The number of halogens is 1. The molecule has 3 aromatic rings. The summed E-state index contributed by atoms with van der Waals surface area (Å²) in [5.74, 6) is 3.29. The fourth-order valence-corrected chi connectivity index (χ4v) is 4.13. The Hall–Kier alpha value is -2.15. The van der Waals surface area contributed by atoms with Gasteiger partial charge in [0.05, 0.1) is 10.7 Å². The second-order valence-electron chi connectivity index (χ2n) is 7.37. The molecule has 0 spiro atoms. The minimum atomic E-state index is 0.684. The second-order valence-corrected chi connectivity index (χ2v) is 8.23. The zero-order valence-corrected chi connectivity index (χ0v) is 17.1. The van der Waals surface area contributed by atoms with Crippen LogP contribution >= 0.6 is 15.9 Å². The van der Waals surface area contributed by atoms with E-state index >= 15 is 0 Å². The largest absolute Gasteiger partial charge is 0.370 e. The molecule has 0 saturated heterocycles. The van der Waals surface area contributed by atoms with Gasteiger partial charge in [0.25, 0.3) is 0 Å². The second kappa shape index (κ2) is 8.25. The standard InChI is InChI=1S/C20H25BrN6/c1-14-5-2-3-7-16(14)12-23-18-9-19(24-11-15-6-4-8-22-10-15)27-20(26-18)17(21)13-25-27/h4,6,8-10,13-14,16,24H,2-3,5,7,11-12H2,1H3,(H,23,26)/t14-,16-/m1/s1. The lowest BCUT2D eigenvalue weighted by Gasteiger charge is -2.29. The topological polar surface area (TPSA) is 67.1 Å². The normalized spacial score (nSPS) is 19.9. The van der Waals surface area contributed by atoms with E-state index in [1.54, 1.807) is 12.4 Å². The molecular weight excluding hydrogens is 404 g/mol. The molecule has 6 nitrogen and oxygen atoms in total. The van der Waals surface area contributed by atoms with E-state index in [4.69, 9.17) is 4.98 Å². The van der Waals surface area contributed by atoms with E-state index in [0.29, 0.717) is 6.54 Å². The lowest BCUT2D eigenvalue weighted by Crippen LogP contribution is -2.24. The first kappa shape index (κ1) is 18.2. The summed E-state index contributed by atoms with van der Waals surface area (Å²) in [6.07, 6.45) is 10.8. The predicted octanol–water partition coefficient (Wildman–Crippen LogP) is 4.74. The molecule has 0 unspecified atom stereocenters. The number of hydrogen-bond acceptors (Lipinski definition) is 5. The van der Waals surface area contributed by atoms with Crippen LogP contribution in [0.15, 0.2) is 41.3 Å². The van der Waals surface area contributed by atoms with Crippen molar-refractivity contribution in [3.63, 3.8) is 0 Å². The van der Waals surface area contributed by atoms with Crippen molar-refractivity contribution in [1.29, 1.82) is 0 Å². The van der Waals surface area contributed by atoms with Crippen LogP contribution in [-0.4, -0.2) is 26.1 Å². The van der Waals surface area contributed by atoms with Crippen molar-refractivity contribution < 1.29 is 0 Å². The van der Waals surface area contributed by atoms with Gasteiger partial charge in [0.2, 0.25) is 0 Å². The van der Waals surface area contributed by atoms with Crippen LogP contribution in [0.1, 0.15) is 38.2 Å². The van der Waals surface area contributed by atoms with Gasteiger partial charge in [-0.25, -0.2) is 4.98 Å². The molecule has 142 valence electrons. The van der Waals surface area contributed by atoms with E-state index in [1.165, 1.54) is 25.7 Å². The quantitative estimate of drug-likeness (QED) is 0.593. The fourth-order valence-electron chi connectivity index (χ4n) is 3.78. The molecule has 4 rings (SSSR count). The van der Waals surface area contributed by atoms with Crippen LogP contribution < -0.4 is 10.6 Å². The Kier molecular flexibility index (Phi) is 5.57. The number of aromatic nitrogens is 4. The van der Waals surface area contributed by atoms with Gasteiger partial charge in [0.15, 0.2) is 5.65 Å². The van der Waals surface area contributed by atoms with E-state index < -0.39 is 0 Å². The maximum Gasteiger partial charge on any atom is 0.173 e. The first-order valence-corrected chi connectivity index (χ1v) is 10.4. The average molecular weight is 429 g/mol. The molecule has 27 heavy (non-hydrogen) atoms.